The highest BCUT2D eigenvalue weighted by atomic mass is 19.4. The molecule has 2 saturated heterocycles. The predicted molar refractivity (Wildman–Crippen MR) is 151 cm³/mol. The molecule has 0 radical (unpaired) electrons. The molecule has 2 atom stereocenters. The van der Waals surface area contributed by atoms with Gasteiger partial charge in [0, 0.05) is 50.2 Å². The molecule has 40 heavy (non-hydrogen) atoms. The number of anilines is 1. The van der Waals surface area contributed by atoms with Crippen LogP contribution in [0.2, 0.25) is 0 Å². The van der Waals surface area contributed by atoms with Gasteiger partial charge in [-0.25, -0.2) is 14.8 Å². The number of hydrogen-bond donors (Lipinski definition) is 1. The number of hydrogen-bond acceptors (Lipinski definition) is 5. The highest BCUT2D eigenvalue weighted by Gasteiger charge is 2.36. The third kappa shape index (κ3) is 7.86. The number of piperazine rings is 1. The van der Waals surface area contributed by atoms with E-state index in [9.17, 15) is 18.0 Å². The van der Waals surface area contributed by atoms with Crippen LogP contribution in [0.15, 0.2) is 36.4 Å². The number of nitrogens with two attached hydrogens (primary N) is 1. The van der Waals surface area contributed by atoms with Crippen molar-refractivity contribution in [1.82, 2.24) is 19.8 Å². The Labute approximate surface area is 235 Å². The summed E-state index contributed by atoms with van der Waals surface area (Å²) < 4.78 is 40.6. The van der Waals surface area contributed by atoms with Crippen molar-refractivity contribution in [3.05, 3.63) is 53.5 Å². The quantitative estimate of drug-likeness (QED) is 0.433. The minimum absolute atomic E-state index is 0.139. The number of benzene rings is 1. The largest absolute Gasteiger partial charge is 0.433 e. The third-order valence-corrected chi connectivity index (χ3v) is 8.13. The molecule has 4 rings (SSSR count). The van der Waals surface area contributed by atoms with Crippen LogP contribution in [-0.4, -0.2) is 71.1 Å². The van der Waals surface area contributed by atoms with E-state index >= 15 is 0 Å². The Morgan fingerprint density at radius 1 is 1.00 bits per heavy atom. The second-order valence-corrected chi connectivity index (χ2v) is 12.2. The molecule has 0 saturated carbocycles. The highest BCUT2D eigenvalue weighted by molar-refractivity contribution is 5.72. The summed E-state index contributed by atoms with van der Waals surface area (Å²) in [4.78, 5) is 26.7. The van der Waals surface area contributed by atoms with Crippen LogP contribution in [0.5, 0.6) is 0 Å². The summed E-state index contributed by atoms with van der Waals surface area (Å²) in [5.74, 6) is 0.986. The van der Waals surface area contributed by atoms with Crippen molar-refractivity contribution >= 4 is 11.8 Å². The Hall–Kier alpha value is -2.88. The molecule has 2 aromatic rings. The Bertz CT molecular complexity index is 1080. The van der Waals surface area contributed by atoms with Gasteiger partial charge in [-0.1, -0.05) is 57.5 Å². The van der Waals surface area contributed by atoms with Gasteiger partial charge in [-0.2, -0.15) is 13.2 Å². The van der Waals surface area contributed by atoms with Crippen molar-refractivity contribution in [2.45, 2.75) is 82.8 Å². The van der Waals surface area contributed by atoms with Crippen molar-refractivity contribution in [3.63, 3.8) is 0 Å². The van der Waals surface area contributed by atoms with E-state index in [1.807, 2.05) is 36.6 Å². The number of carbonyl (C=O) groups is 1. The fourth-order valence-corrected chi connectivity index (χ4v) is 5.85. The first-order valence-electron chi connectivity index (χ1n) is 14.5. The molecule has 2 aliphatic rings. The second-order valence-electron chi connectivity index (χ2n) is 12.2. The first kappa shape index (κ1) is 30.1. The summed E-state index contributed by atoms with van der Waals surface area (Å²) in [7, 11) is 0. The lowest BCUT2D eigenvalue weighted by atomic mass is 9.88. The number of amides is 2. The highest BCUT2D eigenvalue weighted by Crippen LogP contribution is 2.34. The Balaban J connectivity index is 1.29. The number of rotatable bonds is 7. The third-order valence-electron chi connectivity index (χ3n) is 8.13. The van der Waals surface area contributed by atoms with Crippen LogP contribution in [0, 0.1) is 0 Å². The van der Waals surface area contributed by atoms with E-state index < -0.39 is 17.3 Å². The molecule has 2 N–H and O–H groups in total. The summed E-state index contributed by atoms with van der Waals surface area (Å²) in [5.41, 5.74) is 5.62. The van der Waals surface area contributed by atoms with E-state index in [1.165, 1.54) is 5.56 Å². The lowest BCUT2D eigenvalue weighted by Gasteiger charge is -2.36. The molecule has 0 bridgehead atoms. The smallest absolute Gasteiger partial charge is 0.354 e. The summed E-state index contributed by atoms with van der Waals surface area (Å²) in [6.07, 6.45) is 1.34. The molecule has 10 heteroatoms. The summed E-state index contributed by atoms with van der Waals surface area (Å²) >= 11 is 0. The van der Waals surface area contributed by atoms with Crippen LogP contribution in [0.1, 0.15) is 82.3 Å². The number of primary amides is 1. The molecular formula is C30H43F3N6O. The average molecular weight is 561 g/mol. The zero-order valence-corrected chi connectivity index (χ0v) is 24.0. The fraction of sp³-hybridized carbons (Fsp3) is 0.633. The maximum atomic E-state index is 13.5. The number of likely N-dealkylation sites (tertiary alicyclic amines) is 1. The van der Waals surface area contributed by atoms with Gasteiger partial charge in [0.1, 0.15) is 17.3 Å². The molecular weight excluding hydrogens is 517 g/mol. The molecule has 1 aromatic heterocycles. The summed E-state index contributed by atoms with van der Waals surface area (Å²) in [5, 5.41) is 0. The van der Waals surface area contributed by atoms with Gasteiger partial charge in [0.25, 0.3) is 0 Å². The Morgan fingerprint density at radius 3 is 2.33 bits per heavy atom. The maximum absolute atomic E-state index is 13.5. The van der Waals surface area contributed by atoms with Gasteiger partial charge in [-0.3, -0.25) is 4.90 Å². The second kappa shape index (κ2) is 12.7. The van der Waals surface area contributed by atoms with Crippen LogP contribution >= 0.6 is 0 Å². The van der Waals surface area contributed by atoms with Crippen LogP contribution in [-0.2, 0) is 11.6 Å². The maximum Gasteiger partial charge on any atom is 0.433 e. The van der Waals surface area contributed by atoms with Gasteiger partial charge in [-0.15, -0.1) is 0 Å². The lowest BCUT2D eigenvalue weighted by molar-refractivity contribution is -0.141. The first-order chi connectivity index (χ1) is 18.9. The zero-order chi connectivity index (χ0) is 28.9. The SMILES string of the molecule is CC(C)(C)c1nc(N2CCN(CCCCC3CC(c4ccccc4)CCCN3C(N)=O)CC2)cc(C(F)(F)F)n1. The average Bonchev–Trinajstić information content (AvgIpc) is 3.14. The first-order valence-corrected chi connectivity index (χ1v) is 14.5. The minimum atomic E-state index is -4.51. The van der Waals surface area contributed by atoms with Gasteiger partial charge < -0.3 is 15.5 Å². The van der Waals surface area contributed by atoms with E-state index in [1.54, 1.807) is 0 Å². The van der Waals surface area contributed by atoms with Gasteiger partial charge in [0.2, 0.25) is 0 Å². The molecule has 2 fully saturated rings. The minimum Gasteiger partial charge on any atom is -0.354 e. The molecule has 3 heterocycles. The number of nitrogens with zero attached hydrogens (tertiary/aromatic N) is 5. The molecule has 2 unspecified atom stereocenters. The van der Waals surface area contributed by atoms with Crippen molar-refractivity contribution < 1.29 is 18.0 Å². The standard InChI is InChI=1S/C30H43F3N6O/c1-29(2,3)27-35-25(30(31,32)33)21-26(36-27)38-18-16-37(17-19-38)14-8-7-13-24-20-23(22-10-5-4-6-11-22)12-9-15-39(24)28(34)40/h4-6,10-11,21,23-24H,7-9,12-20H2,1-3H3,(H2,34,40). The van der Waals surface area contributed by atoms with Gasteiger partial charge >= 0.3 is 12.2 Å². The normalized spacial score (nSPS) is 21.4. The topological polar surface area (TPSA) is 78.6 Å². The number of halogens is 3. The van der Waals surface area contributed by atoms with Gasteiger partial charge in [-0.05, 0) is 50.1 Å². The molecule has 7 nitrogen and oxygen atoms in total. The number of carbonyl (C=O) groups excluding carboxylic acids is 1. The van der Waals surface area contributed by atoms with E-state index in [4.69, 9.17) is 5.73 Å². The molecule has 0 aliphatic carbocycles. The summed E-state index contributed by atoms with van der Waals surface area (Å²) in [6.45, 7) is 9.87. The van der Waals surface area contributed by atoms with E-state index in [-0.39, 0.29) is 17.9 Å². The predicted octanol–water partition coefficient (Wildman–Crippen LogP) is 5.80. The van der Waals surface area contributed by atoms with Crippen molar-refractivity contribution in [3.8, 4) is 0 Å². The van der Waals surface area contributed by atoms with Crippen molar-refractivity contribution in [1.29, 1.82) is 0 Å². The van der Waals surface area contributed by atoms with Crippen LogP contribution < -0.4 is 10.6 Å². The number of aromatic nitrogens is 2. The van der Waals surface area contributed by atoms with Crippen LogP contribution in [0.3, 0.4) is 0 Å². The summed E-state index contributed by atoms with van der Waals surface area (Å²) in [6, 6.07) is 11.4. The zero-order valence-electron chi connectivity index (χ0n) is 24.0. The fourth-order valence-electron chi connectivity index (χ4n) is 5.85. The van der Waals surface area contributed by atoms with E-state index in [0.29, 0.717) is 31.4 Å². The van der Waals surface area contributed by atoms with E-state index in [2.05, 4.69) is 39.1 Å². The lowest BCUT2D eigenvalue weighted by Crippen LogP contribution is -2.47. The van der Waals surface area contributed by atoms with Gasteiger partial charge in [0.05, 0.1) is 0 Å². The van der Waals surface area contributed by atoms with Crippen molar-refractivity contribution in [2.24, 2.45) is 5.73 Å². The molecule has 2 amide bonds. The van der Waals surface area contributed by atoms with Crippen LogP contribution in [0.4, 0.5) is 23.8 Å². The Morgan fingerprint density at radius 2 is 1.70 bits per heavy atom. The molecule has 1 aromatic carbocycles. The number of urea groups is 1. The van der Waals surface area contributed by atoms with Crippen molar-refractivity contribution in [2.75, 3.05) is 44.2 Å². The van der Waals surface area contributed by atoms with Crippen LogP contribution in [0.25, 0.3) is 0 Å². The van der Waals surface area contributed by atoms with E-state index in [0.717, 1.165) is 64.2 Å². The monoisotopic (exact) mass is 560 g/mol. The number of unbranched alkanes of at least 4 members (excludes halogenated alkanes) is 1. The molecule has 2 aliphatic heterocycles. The molecule has 0 spiro atoms. The van der Waals surface area contributed by atoms with Gasteiger partial charge in [0.15, 0.2) is 0 Å². The number of alkyl halides is 3. The molecule has 220 valence electrons. The Kier molecular flexibility index (Phi) is 9.59.